The molecule has 0 atom stereocenters. The SMILES string of the molecule is Cc1cc(Br)ccc1-n1c(CCCl)nc2ccc(Cl)cc21. The first-order valence-electron chi connectivity index (χ1n) is 6.59. The van der Waals surface area contributed by atoms with E-state index in [2.05, 4.69) is 39.6 Å². The zero-order valence-corrected chi connectivity index (χ0v) is 14.5. The lowest BCUT2D eigenvalue weighted by Crippen LogP contribution is -2.04. The predicted molar refractivity (Wildman–Crippen MR) is 92.9 cm³/mol. The van der Waals surface area contributed by atoms with E-state index in [1.807, 2.05) is 24.3 Å². The highest BCUT2D eigenvalue weighted by Crippen LogP contribution is 2.28. The van der Waals surface area contributed by atoms with Gasteiger partial charge in [-0.1, -0.05) is 27.5 Å². The average Bonchev–Trinajstić information content (AvgIpc) is 2.77. The van der Waals surface area contributed by atoms with Crippen LogP contribution in [-0.2, 0) is 6.42 Å². The van der Waals surface area contributed by atoms with Crippen molar-refractivity contribution in [2.24, 2.45) is 0 Å². The van der Waals surface area contributed by atoms with Crippen LogP contribution >= 0.6 is 39.1 Å². The molecule has 3 rings (SSSR count). The fourth-order valence-electron chi connectivity index (χ4n) is 2.49. The minimum Gasteiger partial charge on any atom is -0.296 e. The van der Waals surface area contributed by atoms with E-state index in [4.69, 9.17) is 28.2 Å². The van der Waals surface area contributed by atoms with E-state index in [1.54, 1.807) is 0 Å². The third kappa shape index (κ3) is 2.83. The number of alkyl halides is 1. The number of aromatic nitrogens is 2. The summed E-state index contributed by atoms with van der Waals surface area (Å²) in [6.07, 6.45) is 0.712. The molecule has 0 radical (unpaired) electrons. The van der Waals surface area contributed by atoms with Crippen molar-refractivity contribution in [2.75, 3.05) is 5.88 Å². The van der Waals surface area contributed by atoms with Crippen LogP contribution in [0.5, 0.6) is 0 Å². The average molecular weight is 384 g/mol. The van der Waals surface area contributed by atoms with Crippen molar-refractivity contribution < 1.29 is 0 Å². The summed E-state index contributed by atoms with van der Waals surface area (Å²) in [7, 11) is 0. The minimum absolute atomic E-state index is 0.534. The van der Waals surface area contributed by atoms with Crippen molar-refractivity contribution in [3.63, 3.8) is 0 Å². The molecule has 0 fully saturated rings. The van der Waals surface area contributed by atoms with Crippen molar-refractivity contribution >= 4 is 50.2 Å². The number of hydrogen-bond acceptors (Lipinski definition) is 1. The molecule has 0 saturated carbocycles. The van der Waals surface area contributed by atoms with Gasteiger partial charge in [-0.3, -0.25) is 4.57 Å². The molecule has 0 bridgehead atoms. The Labute approximate surface area is 141 Å². The summed E-state index contributed by atoms with van der Waals surface area (Å²) in [5.74, 6) is 1.49. The first kappa shape index (κ1) is 14.9. The zero-order chi connectivity index (χ0) is 15.0. The minimum atomic E-state index is 0.534. The van der Waals surface area contributed by atoms with E-state index in [0.717, 1.165) is 27.0 Å². The second-order valence-electron chi connectivity index (χ2n) is 4.87. The molecule has 1 aromatic heterocycles. The third-order valence-corrected chi connectivity index (χ3v) is 4.32. The molecule has 0 amide bonds. The Morgan fingerprint density at radius 2 is 2.00 bits per heavy atom. The van der Waals surface area contributed by atoms with E-state index in [0.29, 0.717) is 17.3 Å². The summed E-state index contributed by atoms with van der Waals surface area (Å²) >= 11 is 15.6. The van der Waals surface area contributed by atoms with Gasteiger partial charge in [0.25, 0.3) is 0 Å². The van der Waals surface area contributed by atoms with Crippen LogP contribution in [0.3, 0.4) is 0 Å². The monoisotopic (exact) mass is 382 g/mol. The molecule has 2 nitrogen and oxygen atoms in total. The standard InChI is InChI=1S/C16H13BrCl2N2/c1-10-8-11(17)2-5-14(10)21-15-9-12(19)3-4-13(15)20-16(21)6-7-18/h2-5,8-9H,6-7H2,1H3. The van der Waals surface area contributed by atoms with Gasteiger partial charge in [0, 0.05) is 21.8 Å². The lowest BCUT2D eigenvalue weighted by Gasteiger charge is -2.12. The van der Waals surface area contributed by atoms with Crippen molar-refractivity contribution in [3.05, 3.63) is 57.3 Å². The van der Waals surface area contributed by atoms with Gasteiger partial charge in [-0.05, 0) is 48.9 Å². The summed E-state index contributed by atoms with van der Waals surface area (Å²) in [6.45, 7) is 2.08. The quantitative estimate of drug-likeness (QED) is 0.543. The molecular weight excluding hydrogens is 371 g/mol. The third-order valence-electron chi connectivity index (χ3n) is 3.40. The molecule has 3 aromatic rings. The summed E-state index contributed by atoms with van der Waals surface area (Å²) in [5.41, 5.74) is 4.21. The highest BCUT2D eigenvalue weighted by molar-refractivity contribution is 9.10. The first-order valence-corrected chi connectivity index (χ1v) is 8.30. The van der Waals surface area contributed by atoms with Crippen LogP contribution in [0, 0.1) is 6.92 Å². The van der Waals surface area contributed by atoms with Crippen LogP contribution in [0.15, 0.2) is 40.9 Å². The van der Waals surface area contributed by atoms with E-state index in [9.17, 15) is 0 Å². The summed E-state index contributed by atoms with van der Waals surface area (Å²) in [6, 6.07) is 12.0. The Balaban J connectivity index is 2.32. The number of benzene rings is 2. The molecular formula is C16H13BrCl2N2. The summed E-state index contributed by atoms with van der Waals surface area (Å²) < 4.78 is 3.20. The van der Waals surface area contributed by atoms with Crippen LogP contribution < -0.4 is 0 Å². The van der Waals surface area contributed by atoms with Gasteiger partial charge < -0.3 is 0 Å². The number of rotatable bonds is 3. The van der Waals surface area contributed by atoms with Gasteiger partial charge in [0.05, 0.1) is 16.7 Å². The van der Waals surface area contributed by atoms with Gasteiger partial charge in [0.15, 0.2) is 0 Å². The molecule has 0 saturated heterocycles. The molecule has 1 heterocycles. The van der Waals surface area contributed by atoms with Gasteiger partial charge in [-0.25, -0.2) is 4.98 Å². The highest BCUT2D eigenvalue weighted by atomic mass is 79.9. The Morgan fingerprint density at radius 1 is 1.19 bits per heavy atom. The van der Waals surface area contributed by atoms with Gasteiger partial charge in [0.2, 0.25) is 0 Å². The molecule has 5 heteroatoms. The largest absolute Gasteiger partial charge is 0.296 e. The molecule has 0 aliphatic carbocycles. The zero-order valence-electron chi connectivity index (χ0n) is 11.4. The van der Waals surface area contributed by atoms with Gasteiger partial charge in [-0.2, -0.15) is 0 Å². The lowest BCUT2D eigenvalue weighted by atomic mass is 10.2. The number of halogens is 3. The molecule has 2 aromatic carbocycles. The highest BCUT2D eigenvalue weighted by Gasteiger charge is 2.14. The smallest absolute Gasteiger partial charge is 0.115 e. The van der Waals surface area contributed by atoms with E-state index >= 15 is 0 Å². The number of fused-ring (bicyclic) bond motifs is 1. The van der Waals surface area contributed by atoms with Crippen LogP contribution in [0.4, 0.5) is 0 Å². The maximum Gasteiger partial charge on any atom is 0.115 e. The fraction of sp³-hybridized carbons (Fsp3) is 0.188. The number of imidazole rings is 1. The van der Waals surface area contributed by atoms with E-state index < -0.39 is 0 Å². The van der Waals surface area contributed by atoms with Crippen LogP contribution in [0.1, 0.15) is 11.4 Å². The van der Waals surface area contributed by atoms with Gasteiger partial charge in [0.1, 0.15) is 5.82 Å². The van der Waals surface area contributed by atoms with Crippen molar-refractivity contribution in [1.29, 1.82) is 0 Å². The van der Waals surface area contributed by atoms with Crippen molar-refractivity contribution in [1.82, 2.24) is 9.55 Å². The van der Waals surface area contributed by atoms with Gasteiger partial charge >= 0.3 is 0 Å². The molecule has 0 aliphatic heterocycles. The fourth-order valence-corrected chi connectivity index (χ4v) is 3.30. The molecule has 0 N–H and O–H groups in total. The van der Waals surface area contributed by atoms with Gasteiger partial charge in [-0.15, -0.1) is 11.6 Å². The lowest BCUT2D eigenvalue weighted by molar-refractivity contribution is 0.906. The molecule has 21 heavy (non-hydrogen) atoms. The van der Waals surface area contributed by atoms with E-state index in [1.165, 1.54) is 5.56 Å². The summed E-state index contributed by atoms with van der Waals surface area (Å²) in [5, 5.41) is 0.704. The maximum atomic E-state index is 6.15. The predicted octanol–water partition coefficient (Wildman–Crippen LogP) is 5.53. The second-order valence-corrected chi connectivity index (χ2v) is 6.60. The van der Waals surface area contributed by atoms with E-state index in [-0.39, 0.29) is 0 Å². The van der Waals surface area contributed by atoms with Crippen LogP contribution in [0.2, 0.25) is 5.02 Å². The van der Waals surface area contributed by atoms with Crippen LogP contribution in [0.25, 0.3) is 16.7 Å². The Morgan fingerprint density at radius 3 is 2.71 bits per heavy atom. The summed E-state index contributed by atoms with van der Waals surface area (Å²) in [4.78, 5) is 4.69. The number of aryl methyl sites for hydroxylation is 2. The molecule has 0 unspecified atom stereocenters. The first-order chi connectivity index (χ1) is 10.1. The normalized spacial score (nSPS) is 11.2. The van der Waals surface area contributed by atoms with Crippen molar-refractivity contribution in [3.8, 4) is 5.69 Å². The van der Waals surface area contributed by atoms with Crippen LogP contribution in [-0.4, -0.2) is 15.4 Å². The Hall–Kier alpha value is -1.03. The Bertz CT molecular complexity index is 811. The van der Waals surface area contributed by atoms with Crippen molar-refractivity contribution in [2.45, 2.75) is 13.3 Å². The molecule has 0 spiro atoms. The molecule has 108 valence electrons. The topological polar surface area (TPSA) is 17.8 Å². The number of nitrogens with zero attached hydrogens (tertiary/aromatic N) is 2. The number of hydrogen-bond donors (Lipinski definition) is 0. The Kier molecular flexibility index (Phi) is 4.25. The second kappa shape index (κ2) is 5.99. The maximum absolute atomic E-state index is 6.15. The molecule has 0 aliphatic rings.